The van der Waals surface area contributed by atoms with E-state index < -0.39 is 23.6 Å². The lowest BCUT2D eigenvalue weighted by molar-refractivity contribution is 0.0769. The Morgan fingerprint density at radius 3 is 2.35 bits per heavy atom. The third-order valence-corrected chi connectivity index (χ3v) is 2.01. The Morgan fingerprint density at radius 2 is 1.88 bits per heavy atom. The van der Waals surface area contributed by atoms with Gasteiger partial charge in [-0.15, -0.1) is 0 Å². The summed E-state index contributed by atoms with van der Waals surface area (Å²) in [6.45, 7) is -0.0559. The molecule has 0 saturated carbocycles. The van der Waals surface area contributed by atoms with Crippen LogP contribution in [-0.4, -0.2) is 18.3 Å². The smallest absolute Gasteiger partial charge is 0.194 e. The van der Waals surface area contributed by atoms with Gasteiger partial charge in [0.25, 0.3) is 0 Å². The van der Waals surface area contributed by atoms with E-state index in [1.54, 1.807) is 6.07 Å². The lowest BCUT2D eigenvalue weighted by atomic mass is 10.1. The summed E-state index contributed by atoms with van der Waals surface area (Å²) in [6.07, 6.45) is -0.893. The Hall–Kier alpha value is -1.58. The zero-order chi connectivity index (χ0) is 12.8. The normalized spacial score (nSPS) is 12.2. The summed E-state index contributed by atoms with van der Waals surface area (Å²) < 4.78 is 43.5. The second kappa shape index (κ2) is 6.23. The van der Waals surface area contributed by atoms with Crippen LogP contribution in [0.1, 0.15) is 18.1 Å². The largest absolute Gasteiger partial charge is 0.396 e. The van der Waals surface area contributed by atoms with Crippen LogP contribution < -0.4 is 0 Å². The van der Waals surface area contributed by atoms with Crippen LogP contribution >= 0.6 is 0 Å². The van der Waals surface area contributed by atoms with E-state index in [1.807, 2.05) is 0 Å². The molecule has 92 valence electrons. The molecule has 0 aliphatic rings. The standard InChI is InChI=1S/C11H10F3NO2/c12-8-4-7(5-9(13)11(8)14)10(6-15)17-3-1-2-16/h4-5,10,16H,1-3H2. The van der Waals surface area contributed by atoms with Crippen molar-refractivity contribution in [3.05, 3.63) is 35.1 Å². The minimum Gasteiger partial charge on any atom is -0.396 e. The Balaban J connectivity index is 2.86. The van der Waals surface area contributed by atoms with Crippen LogP contribution in [0.4, 0.5) is 13.2 Å². The van der Waals surface area contributed by atoms with E-state index in [0.29, 0.717) is 18.6 Å². The van der Waals surface area contributed by atoms with E-state index in [9.17, 15) is 13.2 Å². The van der Waals surface area contributed by atoms with Gasteiger partial charge in [0.15, 0.2) is 23.6 Å². The summed E-state index contributed by atoms with van der Waals surface area (Å²) in [5.74, 6) is -4.32. The third-order valence-electron chi connectivity index (χ3n) is 2.01. The summed E-state index contributed by atoms with van der Waals surface area (Å²) in [7, 11) is 0. The number of aliphatic hydroxyl groups is 1. The predicted octanol–water partition coefficient (Wildman–Crippen LogP) is 2.07. The minimum atomic E-state index is -1.58. The maximum atomic E-state index is 12.9. The SMILES string of the molecule is N#CC(OCCCO)c1cc(F)c(F)c(F)c1. The topological polar surface area (TPSA) is 53.2 Å². The number of nitriles is 1. The molecular weight excluding hydrogens is 235 g/mol. The number of hydrogen-bond donors (Lipinski definition) is 1. The Bertz CT molecular complexity index is 408. The Kier molecular flexibility index (Phi) is 4.94. The maximum absolute atomic E-state index is 12.9. The van der Waals surface area contributed by atoms with Crippen molar-refractivity contribution in [1.82, 2.24) is 0 Å². The molecule has 0 saturated heterocycles. The zero-order valence-electron chi connectivity index (χ0n) is 8.79. The fourth-order valence-electron chi connectivity index (χ4n) is 1.20. The summed E-state index contributed by atoms with van der Waals surface area (Å²) in [4.78, 5) is 0. The minimum absolute atomic E-state index is 0.0648. The van der Waals surface area contributed by atoms with Gasteiger partial charge >= 0.3 is 0 Å². The molecule has 1 unspecified atom stereocenters. The van der Waals surface area contributed by atoms with Crippen LogP contribution in [0.25, 0.3) is 0 Å². The molecule has 1 rings (SSSR count). The highest BCUT2D eigenvalue weighted by atomic mass is 19.2. The van der Waals surface area contributed by atoms with Crippen LogP contribution in [0.5, 0.6) is 0 Å². The second-order valence-corrected chi connectivity index (χ2v) is 3.26. The monoisotopic (exact) mass is 245 g/mol. The molecule has 0 bridgehead atoms. The number of rotatable bonds is 5. The molecule has 1 aromatic rings. The molecule has 3 nitrogen and oxygen atoms in total. The molecule has 0 aliphatic heterocycles. The van der Waals surface area contributed by atoms with Crippen molar-refractivity contribution in [2.45, 2.75) is 12.5 Å². The van der Waals surface area contributed by atoms with Gasteiger partial charge < -0.3 is 9.84 Å². The van der Waals surface area contributed by atoms with Crippen LogP contribution in [0.15, 0.2) is 12.1 Å². The molecule has 0 radical (unpaired) electrons. The van der Waals surface area contributed by atoms with Crippen molar-refractivity contribution in [1.29, 1.82) is 5.26 Å². The molecule has 0 aromatic heterocycles. The number of nitrogens with zero attached hydrogens (tertiary/aromatic N) is 1. The first kappa shape index (κ1) is 13.5. The van der Waals surface area contributed by atoms with E-state index in [2.05, 4.69) is 0 Å². The average Bonchev–Trinajstić information content (AvgIpc) is 2.31. The van der Waals surface area contributed by atoms with Gasteiger partial charge in [0, 0.05) is 12.2 Å². The van der Waals surface area contributed by atoms with E-state index in [0.717, 1.165) is 0 Å². The van der Waals surface area contributed by atoms with Crippen LogP contribution in [0.3, 0.4) is 0 Å². The molecule has 0 spiro atoms. The van der Waals surface area contributed by atoms with Gasteiger partial charge in [-0.1, -0.05) is 0 Å². The molecule has 1 aromatic carbocycles. The highest BCUT2D eigenvalue weighted by Crippen LogP contribution is 2.21. The number of halogens is 3. The first-order valence-electron chi connectivity index (χ1n) is 4.86. The van der Waals surface area contributed by atoms with Crippen LogP contribution in [-0.2, 0) is 4.74 Å². The van der Waals surface area contributed by atoms with Crippen LogP contribution in [0.2, 0.25) is 0 Å². The number of aliphatic hydroxyl groups excluding tert-OH is 1. The van der Waals surface area contributed by atoms with Gasteiger partial charge in [-0.2, -0.15) is 5.26 Å². The van der Waals surface area contributed by atoms with Gasteiger partial charge in [0.1, 0.15) is 0 Å². The molecule has 1 atom stereocenters. The predicted molar refractivity (Wildman–Crippen MR) is 52.3 cm³/mol. The highest BCUT2D eigenvalue weighted by molar-refractivity contribution is 5.25. The first-order chi connectivity index (χ1) is 8.10. The highest BCUT2D eigenvalue weighted by Gasteiger charge is 2.17. The molecule has 0 heterocycles. The molecule has 17 heavy (non-hydrogen) atoms. The lowest BCUT2D eigenvalue weighted by Crippen LogP contribution is -2.06. The fourth-order valence-corrected chi connectivity index (χ4v) is 1.20. The van der Waals surface area contributed by atoms with Gasteiger partial charge in [-0.3, -0.25) is 0 Å². The van der Waals surface area contributed by atoms with Crippen molar-refractivity contribution in [3.8, 4) is 6.07 Å². The summed E-state index contributed by atoms with van der Waals surface area (Å²) in [5, 5.41) is 17.3. The average molecular weight is 245 g/mol. The van der Waals surface area contributed by atoms with Crippen LogP contribution in [0, 0.1) is 28.8 Å². The summed E-state index contributed by atoms with van der Waals surface area (Å²) in [6, 6.07) is 3.12. The van der Waals surface area contributed by atoms with E-state index in [1.165, 1.54) is 0 Å². The molecule has 0 amide bonds. The summed E-state index contributed by atoms with van der Waals surface area (Å²) in [5.41, 5.74) is -0.0955. The summed E-state index contributed by atoms with van der Waals surface area (Å²) >= 11 is 0. The number of hydrogen-bond acceptors (Lipinski definition) is 3. The number of benzene rings is 1. The van der Waals surface area contributed by atoms with E-state index in [4.69, 9.17) is 15.1 Å². The van der Waals surface area contributed by atoms with Gasteiger partial charge in [-0.05, 0) is 18.6 Å². The van der Waals surface area contributed by atoms with Crippen molar-refractivity contribution < 1.29 is 23.0 Å². The second-order valence-electron chi connectivity index (χ2n) is 3.26. The molecule has 0 aliphatic carbocycles. The van der Waals surface area contributed by atoms with Crippen molar-refractivity contribution >= 4 is 0 Å². The van der Waals surface area contributed by atoms with Crippen molar-refractivity contribution in [2.75, 3.05) is 13.2 Å². The first-order valence-corrected chi connectivity index (χ1v) is 4.86. The van der Waals surface area contributed by atoms with Gasteiger partial charge in [0.2, 0.25) is 0 Å². The lowest BCUT2D eigenvalue weighted by Gasteiger charge is -2.11. The van der Waals surface area contributed by atoms with Gasteiger partial charge in [-0.25, -0.2) is 13.2 Å². The zero-order valence-corrected chi connectivity index (χ0v) is 8.79. The Labute approximate surface area is 96.1 Å². The van der Waals surface area contributed by atoms with Crippen molar-refractivity contribution in [2.24, 2.45) is 0 Å². The van der Waals surface area contributed by atoms with E-state index >= 15 is 0 Å². The molecule has 6 heteroatoms. The molecule has 0 fully saturated rings. The Morgan fingerprint density at radius 1 is 1.29 bits per heavy atom. The van der Waals surface area contributed by atoms with E-state index in [-0.39, 0.29) is 18.8 Å². The van der Waals surface area contributed by atoms with Gasteiger partial charge in [0.05, 0.1) is 12.7 Å². The maximum Gasteiger partial charge on any atom is 0.194 e. The quantitative estimate of drug-likeness (QED) is 0.638. The number of ether oxygens (including phenoxy) is 1. The van der Waals surface area contributed by atoms with Crippen molar-refractivity contribution in [3.63, 3.8) is 0 Å². The molecular formula is C11H10F3NO2. The molecule has 1 N–H and O–H groups in total. The third kappa shape index (κ3) is 3.44. The fraction of sp³-hybridized carbons (Fsp3) is 0.364.